The zero-order valence-corrected chi connectivity index (χ0v) is 23.5. The molecule has 9 nitrogen and oxygen atoms in total. The molecule has 0 bridgehead atoms. The number of rotatable bonds is 8. The molecule has 1 aromatic carbocycles. The summed E-state index contributed by atoms with van der Waals surface area (Å²) in [6.45, 7) is 7.32. The maximum Gasteiger partial charge on any atom is 0.233 e. The molecule has 0 saturated carbocycles. The van der Waals surface area contributed by atoms with Gasteiger partial charge in [-0.2, -0.15) is 5.10 Å². The van der Waals surface area contributed by atoms with E-state index in [1.54, 1.807) is 23.4 Å². The molecular weight excluding hydrogens is 500 g/mol. The number of nitrogens with two attached hydrogens (primary N) is 1. The summed E-state index contributed by atoms with van der Waals surface area (Å²) >= 11 is 0. The second-order valence-electron chi connectivity index (χ2n) is 10.9. The van der Waals surface area contributed by atoms with Gasteiger partial charge in [-0.1, -0.05) is 31.2 Å². The highest BCUT2D eigenvalue weighted by Gasteiger charge is 2.47. The Bertz CT molecular complexity index is 1470. The predicted molar refractivity (Wildman–Crippen MR) is 149 cm³/mol. The fourth-order valence-corrected chi connectivity index (χ4v) is 6.93. The molecule has 1 aliphatic carbocycles. The highest BCUT2D eigenvalue weighted by atomic mass is 32.2. The van der Waals surface area contributed by atoms with Crippen LogP contribution in [-0.2, 0) is 26.5 Å². The van der Waals surface area contributed by atoms with Crippen molar-refractivity contribution >= 4 is 27.2 Å². The maximum absolute atomic E-state index is 14.2. The molecule has 3 atom stereocenters. The van der Waals surface area contributed by atoms with E-state index in [-0.39, 0.29) is 35.9 Å². The Morgan fingerprint density at radius 3 is 2.79 bits per heavy atom. The largest absolute Gasteiger partial charge is 0.355 e. The molecule has 3 aromatic rings. The molecule has 1 aliphatic heterocycles. The van der Waals surface area contributed by atoms with Crippen LogP contribution in [0.3, 0.4) is 0 Å². The fourth-order valence-electron chi connectivity index (χ4n) is 5.99. The lowest BCUT2D eigenvalue weighted by atomic mass is 9.77. The quantitative estimate of drug-likeness (QED) is 0.469. The molecule has 1 fully saturated rings. The van der Waals surface area contributed by atoms with Crippen LogP contribution in [-0.4, -0.2) is 71.5 Å². The van der Waals surface area contributed by atoms with Gasteiger partial charge in [0.2, 0.25) is 5.91 Å². The van der Waals surface area contributed by atoms with Crippen LogP contribution in [0.1, 0.15) is 61.5 Å². The first-order valence-electron chi connectivity index (χ1n) is 13.5. The van der Waals surface area contributed by atoms with Crippen LogP contribution in [0.5, 0.6) is 0 Å². The number of nitrogens with zero attached hydrogens (tertiary/aromatic N) is 5. The number of fused-ring (bicyclic) bond motifs is 2. The summed E-state index contributed by atoms with van der Waals surface area (Å²) in [5.41, 5.74) is 9.82. The Morgan fingerprint density at radius 1 is 1.32 bits per heavy atom. The lowest BCUT2D eigenvalue weighted by Gasteiger charge is -2.36. The van der Waals surface area contributed by atoms with Gasteiger partial charge >= 0.3 is 0 Å². The number of aromatic nitrogens is 3. The third-order valence-corrected chi connectivity index (χ3v) is 10.2. The van der Waals surface area contributed by atoms with E-state index in [0.717, 1.165) is 59.8 Å². The smallest absolute Gasteiger partial charge is 0.233 e. The van der Waals surface area contributed by atoms with E-state index in [4.69, 9.17) is 15.8 Å². The topological polar surface area (TPSA) is 114 Å². The van der Waals surface area contributed by atoms with Crippen molar-refractivity contribution in [3.8, 4) is 0 Å². The van der Waals surface area contributed by atoms with Gasteiger partial charge in [0.05, 0.1) is 22.9 Å². The average Bonchev–Trinajstić information content (AvgIpc) is 3.62. The summed E-state index contributed by atoms with van der Waals surface area (Å²) in [7, 11) is -1.43. The summed E-state index contributed by atoms with van der Waals surface area (Å²) in [4.78, 5) is 23.1. The highest BCUT2D eigenvalue weighted by molar-refractivity contribution is 7.91. The number of benzene rings is 1. The lowest BCUT2D eigenvalue weighted by molar-refractivity contribution is -0.138. The number of hydrogen-bond acceptors (Lipinski definition) is 7. The Morgan fingerprint density at radius 2 is 2.08 bits per heavy atom. The molecule has 0 spiro atoms. The minimum atomic E-state index is -3.22. The second kappa shape index (κ2) is 9.96. The van der Waals surface area contributed by atoms with Crippen molar-refractivity contribution in [1.29, 1.82) is 0 Å². The minimum absolute atomic E-state index is 0.00765. The lowest BCUT2D eigenvalue weighted by Crippen LogP contribution is -2.46. The average molecular weight is 539 g/mol. The molecule has 5 rings (SSSR count). The van der Waals surface area contributed by atoms with Crippen molar-refractivity contribution in [2.75, 3.05) is 36.5 Å². The molecule has 2 aromatic heterocycles. The van der Waals surface area contributed by atoms with Gasteiger partial charge < -0.3 is 15.5 Å². The summed E-state index contributed by atoms with van der Waals surface area (Å²) in [5.74, 6) is 0.929. The number of carbonyl (C=O) groups excluding carboxylic acids is 1. The van der Waals surface area contributed by atoms with Crippen LogP contribution in [0.2, 0.25) is 0 Å². The number of likely N-dealkylation sites (N-methyl/N-ethyl adjacent to an activating group) is 1. The van der Waals surface area contributed by atoms with Crippen LogP contribution in [0, 0.1) is 6.92 Å². The van der Waals surface area contributed by atoms with Crippen LogP contribution in [0.4, 0.5) is 5.82 Å². The third kappa shape index (κ3) is 4.68. The molecule has 38 heavy (non-hydrogen) atoms. The van der Waals surface area contributed by atoms with Gasteiger partial charge in [0.25, 0.3) is 0 Å². The first kappa shape index (κ1) is 26.6. The zero-order chi connectivity index (χ0) is 27.2. The predicted octanol–water partition coefficient (Wildman–Crippen LogP) is 2.80. The van der Waals surface area contributed by atoms with E-state index in [9.17, 15) is 13.2 Å². The van der Waals surface area contributed by atoms with E-state index >= 15 is 0 Å². The summed E-state index contributed by atoms with van der Waals surface area (Å²) in [6, 6.07) is 9.72. The first-order valence-corrected chi connectivity index (χ1v) is 15.3. The van der Waals surface area contributed by atoms with Gasteiger partial charge in [0.1, 0.15) is 15.7 Å². The molecule has 204 valence electrons. The molecule has 0 radical (unpaired) electrons. The van der Waals surface area contributed by atoms with E-state index < -0.39 is 15.3 Å². The fraction of sp³-hybridized carbons (Fsp3) is 0.536. The molecule has 2 N–H and O–H groups in total. The molecule has 10 heteroatoms. The number of hydrogen-bond donors (Lipinski definition) is 1. The van der Waals surface area contributed by atoms with E-state index in [2.05, 4.69) is 4.90 Å². The number of sulfone groups is 1. The molecule has 3 heterocycles. The summed E-state index contributed by atoms with van der Waals surface area (Å²) < 4.78 is 26.7. The Balaban J connectivity index is 1.45. The van der Waals surface area contributed by atoms with Crippen molar-refractivity contribution in [2.24, 2.45) is 5.73 Å². The van der Waals surface area contributed by atoms with Crippen molar-refractivity contribution in [3.05, 3.63) is 58.9 Å². The number of aryl methyl sites for hydroxylation is 2. The van der Waals surface area contributed by atoms with Crippen LogP contribution in [0.25, 0.3) is 5.65 Å². The maximum atomic E-state index is 14.2. The van der Waals surface area contributed by atoms with Crippen molar-refractivity contribution < 1.29 is 13.2 Å². The minimum Gasteiger partial charge on any atom is -0.355 e. The van der Waals surface area contributed by atoms with Crippen molar-refractivity contribution in [2.45, 2.75) is 64.0 Å². The second-order valence-corrected chi connectivity index (χ2v) is 13.4. The van der Waals surface area contributed by atoms with Gasteiger partial charge in [-0.15, -0.1) is 0 Å². The van der Waals surface area contributed by atoms with E-state index in [1.807, 2.05) is 50.4 Å². The normalized spacial score (nSPS) is 22.1. The van der Waals surface area contributed by atoms with Gasteiger partial charge in [-0.3, -0.25) is 4.79 Å². The molecule has 1 unspecified atom stereocenters. The van der Waals surface area contributed by atoms with E-state index in [1.165, 1.54) is 0 Å². The van der Waals surface area contributed by atoms with Gasteiger partial charge in [0, 0.05) is 49.8 Å². The van der Waals surface area contributed by atoms with Gasteiger partial charge in [-0.05, 0) is 50.7 Å². The van der Waals surface area contributed by atoms with Crippen molar-refractivity contribution in [3.63, 3.8) is 0 Å². The highest BCUT2D eigenvalue weighted by Crippen LogP contribution is 2.44. The van der Waals surface area contributed by atoms with Crippen molar-refractivity contribution in [1.82, 2.24) is 19.5 Å². The molecular formula is C28H38N6O3S. The van der Waals surface area contributed by atoms with Crippen LogP contribution in [0.15, 0.2) is 36.5 Å². The number of anilines is 1. The Hall–Kier alpha value is -2.98. The Kier molecular flexibility index (Phi) is 6.98. The summed E-state index contributed by atoms with van der Waals surface area (Å²) in [6.07, 6.45) is 4.57. The first-order chi connectivity index (χ1) is 18.0. The van der Waals surface area contributed by atoms with Gasteiger partial charge in [0.15, 0.2) is 5.65 Å². The number of carbonyl (C=O) groups is 1. The van der Waals surface area contributed by atoms with Gasteiger partial charge in [-0.25, -0.2) is 17.9 Å². The number of amides is 1. The van der Waals surface area contributed by atoms with Crippen LogP contribution < -0.4 is 10.6 Å². The zero-order valence-electron chi connectivity index (χ0n) is 22.7. The molecule has 1 amide bonds. The molecule has 1 saturated heterocycles. The summed E-state index contributed by atoms with van der Waals surface area (Å²) in [5, 5.41) is 4.77. The SMILES string of the molecule is CCS(=O)(=O)CCC1(C(=O)N(C)[C@@H](C)c2cc3nc(N4CC[C@H](N)C4)c(C)cn3n2)CCc2ccccc21. The molecule has 2 aliphatic rings. The van der Waals surface area contributed by atoms with E-state index in [0.29, 0.717) is 6.42 Å². The third-order valence-electron chi connectivity index (χ3n) is 8.52. The van der Waals surface area contributed by atoms with Crippen LogP contribution >= 0.6 is 0 Å². The monoisotopic (exact) mass is 538 g/mol. The standard InChI is InChI=1S/C28H38N6O3S/c1-5-38(36,37)15-13-28(12-10-21-8-6-7-9-23(21)28)27(35)32(4)20(3)24-16-25-30-26(19(2)17-34(25)31-24)33-14-11-22(29)18-33/h6-9,16-17,20,22H,5,10-15,18,29H2,1-4H3/t20-,22-,28?/m0/s1. The Labute approximate surface area is 224 Å².